The highest BCUT2D eigenvalue weighted by molar-refractivity contribution is 7.13. The van der Waals surface area contributed by atoms with Crippen LogP contribution in [0.25, 0.3) is 10.6 Å². The summed E-state index contributed by atoms with van der Waals surface area (Å²) in [5.74, 6) is 0.0697. The van der Waals surface area contributed by atoms with Gasteiger partial charge in [-0.25, -0.2) is 4.98 Å². The lowest BCUT2D eigenvalue weighted by atomic mass is 10.1. The normalized spacial score (nSPS) is 18.8. The van der Waals surface area contributed by atoms with Crippen molar-refractivity contribution in [2.24, 2.45) is 0 Å². The van der Waals surface area contributed by atoms with Gasteiger partial charge in [0.2, 0.25) is 0 Å². The van der Waals surface area contributed by atoms with E-state index in [0.717, 1.165) is 21.8 Å². The number of nitrogens with zero attached hydrogens (tertiary/aromatic N) is 2. The minimum atomic E-state index is 0.0697. The molecular weight excluding hydrogens is 284 g/mol. The van der Waals surface area contributed by atoms with E-state index in [1.807, 2.05) is 48.4 Å². The molecule has 2 heterocycles. The molecule has 1 aliphatic rings. The van der Waals surface area contributed by atoms with E-state index in [0.29, 0.717) is 19.7 Å². The first-order valence-electron chi connectivity index (χ1n) is 7.07. The van der Waals surface area contributed by atoms with Crippen LogP contribution in [0, 0.1) is 6.92 Å². The number of amides is 1. The smallest absolute Gasteiger partial charge is 0.254 e. The Morgan fingerprint density at radius 2 is 2.33 bits per heavy atom. The summed E-state index contributed by atoms with van der Waals surface area (Å²) in [4.78, 5) is 18.9. The SMILES string of the molecule is Cc1csc(-c2cccc(C(=O)N3CCOC(C)C3)c2)n1. The van der Waals surface area contributed by atoms with Gasteiger partial charge in [-0.1, -0.05) is 12.1 Å². The van der Waals surface area contributed by atoms with Crippen molar-refractivity contribution < 1.29 is 9.53 Å². The second kappa shape index (κ2) is 5.95. The molecule has 1 atom stereocenters. The van der Waals surface area contributed by atoms with Crippen LogP contribution in [0.1, 0.15) is 23.0 Å². The predicted octanol–water partition coefficient (Wildman–Crippen LogP) is 2.98. The summed E-state index contributed by atoms with van der Waals surface area (Å²) in [6, 6.07) is 7.72. The first kappa shape index (κ1) is 14.2. The Morgan fingerprint density at radius 1 is 1.48 bits per heavy atom. The molecule has 1 aliphatic heterocycles. The first-order chi connectivity index (χ1) is 10.1. The maximum Gasteiger partial charge on any atom is 0.254 e. The third-order valence-corrected chi connectivity index (χ3v) is 4.51. The summed E-state index contributed by atoms with van der Waals surface area (Å²) in [7, 11) is 0. The Morgan fingerprint density at radius 3 is 3.05 bits per heavy atom. The second-order valence-electron chi connectivity index (χ2n) is 5.31. The van der Waals surface area contributed by atoms with Gasteiger partial charge in [0.25, 0.3) is 5.91 Å². The van der Waals surface area contributed by atoms with Gasteiger partial charge < -0.3 is 9.64 Å². The van der Waals surface area contributed by atoms with Gasteiger partial charge in [-0.05, 0) is 26.0 Å². The molecule has 110 valence electrons. The zero-order valence-electron chi connectivity index (χ0n) is 12.2. The molecular formula is C16H18N2O2S. The summed E-state index contributed by atoms with van der Waals surface area (Å²) < 4.78 is 5.49. The van der Waals surface area contributed by atoms with Crippen molar-refractivity contribution in [3.63, 3.8) is 0 Å². The van der Waals surface area contributed by atoms with Crippen LogP contribution in [0.15, 0.2) is 29.6 Å². The number of aryl methyl sites for hydroxylation is 1. The van der Waals surface area contributed by atoms with Crippen molar-refractivity contribution in [1.82, 2.24) is 9.88 Å². The standard InChI is InChI=1S/C16H18N2O2S/c1-11-10-21-15(17-11)13-4-3-5-14(8-13)16(19)18-6-7-20-12(2)9-18/h3-5,8,10,12H,6-7,9H2,1-2H3. The van der Waals surface area contributed by atoms with E-state index in [1.165, 1.54) is 0 Å². The van der Waals surface area contributed by atoms with E-state index >= 15 is 0 Å². The van der Waals surface area contributed by atoms with E-state index in [2.05, 4.69) is 4.98 Å². The molecule has 4 nitrogen and oxygen atoms in total. The number of carbonyl (C=O) groups excluding carboxylic acids is 1. The Balaban J connectivity index is 1.84. The third kappa shape index (κ3) is 3.14. The van der Waals surface area contributed by atoms with Gasteiger partial charge in [0.05, 0.1) is 12.7 Å². The molecule has 1 aromatic carbocycles. The Bertz CT molecular complexity index is 653. The van der Waals surface area contributed by atoms with Crippen molar-refractivity contribution in [3.8, 4) is 10.6 Å². The molecule has 0 saturated carbocycles. The van der Waals surface area contributed by atoms with Crippen LogP contribution in [0.4, 0.5) is 0 Å². The number of hydrogen-bond donors (Lipinski definition) is 0. The average Bonchev–Trinajstić information content (AvgIpc) is 2.93. The van der Waals surface area contributed by atoms with Crippen molar-refractivity contribution in [1.29, 1.82) is 0 Å². The molecule has 0 spiro atoms. The zero-order chi connectivity index (χ0) is 14.8. The van der Waals surface area contributed by atoms with E-state index in [9.17, 15) is 4.79 Å². The van der Waals surface area contributed by atoms with Crippen LogP contribution >= 0.6 is 11.3 Å². The van der Waals surface area contributed by atoms with Crippen molar-refractivity contribution in [3.05, 3.63) is 40.9 Å². The lowest BCUT2D eigenvalue weighted by Gasteiger charge is -2.31. The Kier molecular flexibility index (Phi) is 4.03. The van der Waals surface area contributed by atoms with E-state index < -0.39 is 0 Å². The molecule has 0 N–H and O–H groups in total. The van der Waals surface area contributed by atoms with E-state index in [-0.39, 0.29) is 12.0 Å². The Hall–Kier alpha value is -1.72. The van der Waals surface area contributed by atoms with Crippen LogP contribution in [0.3, 0.4) is 0 Å². The van der Waals surface area contributed by atoms with Crippen LogP contribution in [-0.2, 0) is 4.74 Å². The van der Waals surface area contributed by atoms with Crippen molar-refractivity contribution in [2.45, 2.75) is 20.0 Å². The number of thiazole rings is 1. The molecule has 3 rings (SSSR count). The molecule has 5 heteroatoms. The number of aromatic nitrogens is 1. The van der Waals surface area contributed by atoms with E-state index in [4.69, 9.17) is 4.74 Å². The second-order valence-corrected chi connectivity index (χ2v) is 6.17. The number of benzene rings is 1. The highest BCUT2D eigenvalue weighted by atomic mass is 32.1. The molecule has 0 bridgehead atoms. The molecule has 0 radical (unpaired) electrons. The van der Waals surface area contributed by atoms with Crippen LogP contribution in [-0.4, -0.2) is 41.6 Å². The lowest BCUT2D eigenvalue weighted by Crippen LogP contribution is -2.44. The van der Waals surface area contributed by atoms with Crippen LogP contribution in [0.2, 0.25) is 0 Å². The fourth-order valence-corrected chi connectivity index (χ4v) is 3.25. The van der Waals surface area contributed by atoms with Gasteiger partial charge in [0.15, 0.2) is 0 Å². The third-order valence-electron chi connectivity index (χ3n) is 3.50. The lowest BCUT2D eigenvalue weighted by molar-refractivity contribution is -0.0124. The van der Waals surface area contributed by atoms with Gasteiger partial charge in [-0.2, -0.15) is 0 Å². The maximum absolute atomic E-state index is 12.6. The predicted molar refractivity (Wildman–Crippen MR) is 83.6 cm³/mol. The van der Waals surface area contributed by atoms with Gasteiger partial charge in [0.1, 0.15) is 5.01 Å². The maximum atomic E-state index is 12.6. The van der Waals surface area contributed by atoms with Crippen molar-refractivity contribution in [2.75, 3.05) is 19.7 Å². The summed E-state index contributed by atoms with van der Waals surface area (Å²) in [6.07, 6.45) is 0.104. The molecule has 1 fully saturated rings. The summed E-state index contributed by atoms with van der Waals surface area (Å²) in [5.41, 5.74) is 2.73. The average molecular weight is 302 g/mol. The number of carbonyl (C=O) groups is 1. The quantitative estimate of drug-likeness (QED) is 0.856. The number of morpholine rings is 1. The summed E-state index contributed by atoms with van der Waals surface area (Å²) in [6.45, 7) is 5.89. The van der Waals surface area contributed by atoms with Gasteiger partial charge in [0, 0.05) is 35.3 Å². The molecule has 1 unspecified atom stereocenters. The first-order valence-corrected chi connectivity index (χ1v) is 7.95. The Labute approximate surface area is 128 Å². The number of hydrogen-bond acceptors (Lipinski definition) is 4. The fourth-order valence-electron chi connectivity index (χ4n) is 2.46. The largest absolute Gasteiger partial charge is 0.375 e. The monoisotopic (exact) mass is 302 g/mol. The molecule has 0 aliphatic carbocycles. The minimum absolute atomic E-state index is 0.0697. The number of rotatable bonds is 2. The van der Waals surface area contributed by atoms with Gasteiger partial charge in [-0.15, -0.1) is 11.3 Å². The topological polar surface area (TPSA) is 42.4 Å². The van der Waals surface area contributed by atoms with Gasteiger partial charge >= 0.3 is 0 Å². The number of ether oxygens (including phenoxy) is 1. The molecule has 1 saturated heterocycles. The highest BCUT2D eigenvalue weighted by Gasteiger charge is 2.22. The van der Waals surface area contributed by atoms with Crippen LogP contribution < -0.4 is 0 Å². The molecule has 1 aromatic heterocycles. The molecule has 2 aromatic rings. The fraction of sp³-hybridized carbons (Fsp3) is 0.375. The minimum Gasteiger partial charge on any atom is -0.375 e. The van der Waals surface area contributed by atoms with Crippen LogP contribution in [0.5, 0.6) is 0 Å². The summed E-state index contributed by atoms with van der Waals surface area (Å²) in [5, 5.41) is 2.98. The highest BCUT2D eigenvalue weighted by Crippen LogP contribution is 2.25. The summed E-state index contributed by atoms with van der Waals surface area (Å²) >= 11 is 1.60. The van der Waals surface area contributed by atoms with Gasteiger partial charge in [-0.3, -0.25) is 4.79 Å². The molecule has 1 amide bonds. The van der Waals surface area contributed by atoms with Crippen molar-refractivity contribution >= 4 is 17.2 Å². The molecule has 21 heavy (non-hydrogen) atoms. The van der Waals surface area contributed by atoms with E-state index in [1.54, 1.807) is 11.3 Å². The zero-order valence-corrected chi connectivity index (χ0v) is 13.0.